The number of Topliss-reactive ketones (excluding diaryl/α,β-unsaturated/α-hetero) is 1. The summed E-state index contributed by atoms with van der Waals surface area (Å²) in [6.45, 7) is 3.22. The molecule has 5 heteroatoms. The molecule has 3 rings (SSSR count). The van der Waals surface area contributed by atoms with Crippen molar-refractivity contribution in [3.8, 4) is 0 Å². The van der Waals surface area contributed by atoms with Crippen LogP contribution >= 0.6 is 0 Å². The molecule has 1 N–H and O–H groups in total. The molecule has 0 saturated carbocycles. The molecule has 0 fully saturated rings. The van der Waals surface area contributed by atoms with Crippen molar-refractivity contribution < 1.29 is 13.2 Å². The first-order valence-corrected chi connectivity index (χ1v) is 9.47. The summed E-state index contributed by atoms with van der Waals surface area (Å²) in [6.07, 6.45) is 0. The van der Waals surface area contributed by atoms with Gasteiger partial charge in [-0.05, 0) is 48.4 Å². The Kier molecular flexibility index (Phi) is 4.70. The second-order valence-corrected chi connectivity index (χ2v) is 7.75. The molecule has 0 aliphatic heterocycles. The van der Waals surface area contributed by atoms with Gasteiger partial charge in [0.05, 0.1) is 4.90 Å². The fourth-order valence-corrected chi connectivity index (χ4v) is 4.01. The van der Waals surface area contributed by atoms with Crippen LogP contribution in [0.1, 0.15) is 35.8 Å². The predicted octanol–water partition coefficient (Wildman–Crippen LogP) is 4.08. The summed E-state index contributed by atoms with van der Waals surface area (Å²) in [7, 11) is -3.72. The van der Waals surface area contributed by atoms with E-state index in [1.807, 2.05) is 42.5 Å². The van der Waals surface area contributed by atoms with E-state index >= 15 is 0 Å². The molecule has 0 aliphatic rings. The zero-order chi connectivity index (χ0) is 18.0. The summed E-state index contributed by atoms with van der Waals surface area (Å²) >= 11 is 0. The quantitative estimate of drug-likeness (QED) is 0.703. The van der Waals surface area contributed by atoms with Gasteiger partial charge in [-0.25, -0.2) is 13.1 Å². The van der Waals surface area contributed by atoms with Crippen LogP contribution in [0.4, 0.5) is 0 Å². The van der Waals surface area contributed by atoms with Gasteiger partial charge in [0.2, 0.25) is 10.0 Å². The Balaban J connectivity index is 1.88. The van der Waals surface area contributed by atoms with Crippen molar-refractivity contribution in [3.05, 3.63) is 77.9 Å². The van der Waals surface area contributed by atoms with E-state index in [9.17, 15) is 13.2 Å². The summed E-state index contributed by atoms with van der Waals surface area (Å²) in [4.78, 5) is 11.6. The lowest BCUT2D eigenvalue weighted by molar-refractivity contribution is 0.101. The normalized spacial score (nSPS) is 12.9. The third kappa shape index (κ3) is 3.78. The van der Waals surface area contributed by atoms with E-state index in [0.29, 0.717) is 5.56 Å². The lowest BCUT2D eigenvalue weighted by atomic mass is 10.0. The Hall–Kier alpha value is -2.50. The van der Waals surface area contributed by atoms with E-state index in [0.717, 1.165) is 16.3 Å². The van der Waals surface area contributed by atoms with Crippen molar-refractivity contribution in [1.29, 1.82) is 0 Å². The Morgan fingerprint density at radius 3 is 2.36 bits per heavy atom. The summed E-state index contributed by atoms with van der Waals surface area (Å²) < 4.78 is 27.9. The third-order valence-electron chi connectivity index (χ3n) is 4.16. The molecule has 0 spiro atoms. The molecule has 3 aromatic rings. The van der Waals surface area contributed by atoms with Gasteiger partial charge in [0.1, 0.15) is 0 Å². The van der Waals surface area contributed by atoms with Crippen LogP contribution in [-0.2, 0) is 10.0 Å². The minimum atomic E-state index is -3.72. The fourth-order valence-electron chi connectivity index (χ4n) is 2.73. The molecule has 1 atom stereocenters. The van der Waals surface area contributed by atoms with Crippen molar-refractivity contribution in [2.75, 3.05) is 0 Å². The second-order valence-electron chi connectivity index (χ2n) is 6.03. The predicted molar refractivity (Wildman–Crippen MR) is 99.1 cm³/mol. The van der Waals surface area contributed by atoms with Crippen LogP contribution in [0.25, 0.3) is 10.8 Å². The molecule has 1 unspecified atom stereocenters. The summed E-state index contributed by atoms with van der Waals surface area (Å²) in [5, 5.41) is 2.17. The lowest BCUT2D eigenvalue weighted by Gasteiger charge is -2.16. The average Bonchev–Trinajstić information content (AvgIpc) is 2.61. The van der Waals surface area contributed by atoms with Gasteiger partial charge in [0.25, 0.3) is 0 Å². The van der Waals surface area contributed by atoms with Crippen molar-refractivity contribution >= 4 is 26.6 Å². The van der Waals surface area contributed by atoms with Crippen molar-refractivity contribution in [3.63, 3.8) is 0 Å². The highest BCUT2D eigenvalue weighted by Gasteiger charge is 2.19. The molecule has 0 heterocycles. The van der Waals surface area contributed by atoms with Gasteiger partial charge in [-0.3, -0.25) is 4.79 Å². The number of sulfonamides is 1. The number of benzene rings is 3. The van der Waals surface area contributed by atoms with Crippen LogP contribution in [0.3, 0.4) is 0 Å². The fraction of sp³-hybridized carbons (Fsp3) is 0.150. The SMILES string of the molecule is CC(=O)c1cccc(S(=O)(=O)NC(C)c2ccc3ccccc3c2)c1. The van der Waals surface area contributed by atoms with Crippen LogP contribution in [0.2, 0.25) is 0 Å². The summed E-state index contributed by atoms with van der Waals surface area (Å²) in [5.74, 6) is -0.167. The highest BCUT2D eigenvalue weighted by Crippen LogP contribution is 2.22. The van der Waals surface area contributed by atoms with E-state index < -0.39 is 16.1 Å². The number of fused-ring (bicyclic) bond motifs is 1. The maximum atomic E-state index is 12.6. The Morgan fingerprint density at radius 2 is 1.64 bits per heavy atom. The number of rotatable bonds is 5. The molecule has 0 saturated heterocycles. The van der Waals surface area contributed by atoms with Crippen LogP contribution in [-0.4, -0.2) is 14.2 Å². The first-order chi connectivity index (χ1) is 11.9. The van der Waals surface area contributed by atoms with Crippen LogP contribution in [0.15, 0.2) is 71.6 Å². The molecule has 0 bridgehead atoms. The first kappa shape index (κ1) is 17.3. The van der Waals surface area contributed by atoms with Gasteiger partial charge in [-0.15, -0.1) is 0 Å². The molecule has 0 radical (unpaired) electrons. The monoisotopic (exact) mass is 353 g/mol. The smallest absolute Gasteiger partial charge is 0.241 e. The van der Waals surface area contributed by atoms with Gasteiger partial charge in [-0.1, -0.05) is 48.5 Å². The maximum Gasteiger partial charge on any atom is 0.241 e. The number of carbonyl (C=O) groups is 1. The minimum Gasteiger partial charge on any atom is -0.295 e. The van der Waals surface area contributed by atoms with Crippen molar-refractivity contribution in [1.82, 2.24) is 4.72 Å². The van der Waals surface area contributed by atoms with Gasteiger partial charge in [-0.2, -0.15) is 0 Å². The van der Waals surface area contributed by atoms with Gasteiger partial charge in [0.15, 0.2) is 5.78 Å². The zero-order valence-electron chi connectivity index (χ0n) is 14.1. The molecular formula is C20H19NO3S. The van der Waals surface area contributed by atoms with Crippen LogP contribution in [0.5, 0.6) is 0 Å². The maximum absolute atomic E-state index is 12.6. The molecule has 4 nitrogen and oxygen atoms in total. The average molecular weight is 353 g/mol. The summed E-state index contributed by atoms with van der Waals surface area (Å²) in [6, 6.07) is 19.5. The van der Waals surface area contributed by atoms with E-state index in [-0.39, 0.29) is 10.7 Å². The Bertz CT molecular complexity index is 1040. The molecular weight excluding hydrogens is 334 g/mol. The van der Waals surface area contributed by atoms with Gasteiger partial charge in [0, 0.05) is 11.6 Å². The van der Waals surface area contributed by atoms with Crippen LogP contribution in [0, 0.1) is 0 Å². The number of nitrogens with one attached hydrogen (secondary N) is 1. The van der Waals surface area contributed by atoms with Gasteiger partial charge < -0.3 is 0 Å². The lowest BCUT2D eigenvalue weighted by Crippen LogP contribution is -2.27. The standard InChI is InChI=1S/C20H19NO3S/c1-14(17-11-10-16-6-3-4-7-19(16)12-17)21-25(23,24)20-9-5-8-18(13-20)15(2)22/h3-14,21H,1-2H3. The number of hydrogen-bond donors (Lipinski definition) is 1. The summed E-state index contributed by atoms with van der Waals surface area (Å²) in [5.41, 5.74) is 1.26. The van der Waals surface area contributed by atoms with E-state index in [1.54, 1.807) is 19.1 Å². The van der Waals surface area contributed by atoms with Crippen LogP contribution < -0.4 is 4.72 Å². The van der Waals surface area contributed by atoms with E-state index in [2.05, 4.69) is 4.72 Å². The van der Waals surface area contributed by atoms with E-state index in [4.69, 9.17) is 0 Å². The second kappa shape index (κ2) is 6.78. The first-order valence-electron chi connectivity index (χ1n) is 7.99. The molecule has 3 aromatic carbocycles. The minimum absolute atomic E-state index is 0.0906. The highest BCUT2D eigenvalue weighted by molar-refractivity contribution is 7.89. The van der Waals surface area contributed by atoms with E-state index in [1.165, 1.54) is 19.1 Å². The largest absolute Gasteiger partial charge is 0.295 e. The molecule has 0 aromatic heterocycles. The Labute approximate surface area is 147 Å². The van der Waals surface area contributed by atoms with Crippen molar-refractivity contribution in [2.24, 2.45) is 0 Å². The topological polar surface area (TPSA) is 63.2 Å². The number of ketones is 1. The zero-order valence-corrected chi connectivity index (χ0v) is 14.9. The molecule has 0 amide bonds. The molecule has 128 valence electrons. The van der Waals surface area contributed by atoms with Crippen molar-refractivity contribution in [2.45, 2.75) is 24.8 Å². The molecule has 25 heavy (non-hydrogen) atoms. The number of carbonyl (C=O) groups excluding carboxylic acids is 1. The Morgan fingerprint density at radius 1 is 0.920 bits per heavy atom. The third-order valence-corrected chi connectivity index (χ3v) is 5.69. The van der Waals surface area contributed by atoms with Gasteiger partial charge >= 0.3 is 0 Å². The number of hydrogen-bond acceptors (Lipinski definition) is 3. The molecule has 0 aliphatic carbocycles. The highest BCUT2D eigenvalue weighted by atomic mass is 32.2.